The number of hydrogen-bond acceptors (Lipinski definition) is 0. The maximum Gasteiger partial charge on any atom is 0.0642 e. The molecule has 0 aromatic heterocycles. The van der Waals surface area contributed by atoms with Gasteiger partial charge in [0.2, 0.25) is 0 Å². The van der Waals surface area contributed by atoms with E-state index in [2.05, 4.69) is 105 Å². The Hall–Kier alpha value is -2.05. The van der Waals surface area contributed by atoms with Gasteiger partial charge in [-0.25, -0.2) is 0 Å². The average molecular weight is 403 g/mol. The standard InChI is InChI=1S/C28H31Cl/c1-22(2)23-18-20-27(29,21-19-23)28(24-12-6-3-7-13-24,25-14-8-4-9-15-25)26-16-10-5-11-17-26/h3-17,22-23H,18-21H2,1-2H3. The lowest BCUT2D eigenvalue weighted by molar-refractivity contribution is 0.205. The molecule has 4 rings (SSSR count). The van der Waals surface area contributed by atoms with E-state index in [4.69, 9.17) is 11.6 Å². The molecule has 3 aromatic rings. The molecule has 0 spiro atoms. The normalized spacial score (nSPS) is 22.6. The third-order valence-electron chi connectivity index (χ3n) is 7.06. The summed E-state index contributed by atoms with van der Waals surface area (Å²) < 4.78 is 0. The lowest BCUT2D eigenvalue weighted by Gasteiger charge is -2.52. The summed E-state index contributed by atoms with van der Waals surface area (Å²) in [6.45, 7) is 4.70. The van der Waals surface area contributed by atoms with Gasteiger partial charge < -0.3 is 0 Å². The Morgan fingerprint density at radius 3 is 1.34 bits per heavy atom. The summed E-state index contributed by atoms with van der Waals surface area (Å²) in [6, 6.07) is 32.8. The first-order valence-corrected chi connectivity index (χ1v) is 11.3. The molecule has 0 heterocycles. The number of halogens is 1. The minimum absolute atomic E-state index is 0.359. The summed E-state index contributed by atoms with van der Waals surface area (Å²) in [5.41, 5.74) is 3.49. The van der Waals surface area contributed by atoms with Crippen molar-refractivity contribution in [2.24, 2.45) is 11.8 Å². The molecule has 0 aliphatic heterocycles. The minimum Gasteiger partial charge on any atom is -0.118 e. The third kappa shape index (κ3) is 3.53. The molecule has 0 N–H and O–H groups in total. The van der Waals surface area contributed by atoms with Crippen molar-refractivity contribution in [2.45, 2.75) is 49.8 Å². The van der Waals surface area contributed by atoms with Crippen LogP contribution < -0.4 is 0 Å². The highest BCUT2D eigenvalue weighted by Gasteiger charge is 2.54. The second kappa shape index (κ2) is 8.36. The molecule has 1 heteroatoms. The maximum atomic E-state index is 7.77. The zero-order valence-electron chi connectivity index (χ0n) is 17.5. The molecule has 29 heavy (non-hydrogen) atoms. The highest BCUT2D eigenvalue weighted by atomic mass is 35.5. The Bertz CT molecular complexity index is 794. The Morgan fingerprint density at radius 2 is 1.03 bits per heavy atom. The molecule has 3 aromatic carbocycles. The van der Waals surface area contributed by atoms with Gasteiger partial charge in [-0.3, -0.25) is 0 Å². The molecule has 0 bridgehead atoms. The molecule has 150 valence electrons. The fourth-order valence-corrected chi connectivity index (χ4v) is 6.03. The van der Waals surface area contributed by atoms with Crippen LogP contribution in [0.3, 0.4) is 0 Å². The van der Waals surface area contributed by atoms with Crippen LogP contribution in [0, 0.1) is 11.8 Å². The molecular weight excluding hydrogens is 372 g/mol. The molecule has 0 atom stereocenters. The van der Waals surface area contributed by atoms with Crippen molar-refractivity contribution in [1.29, 1.82) is 0 Å². The van der Waals surface area contributed by atoms with Gasteiger partial charge in [0.15, 0.2) is 0 Å². The molecule has 1 aliphatic rings. The van der Waals surface area contributed by atoms with Crippen LogP contribution >= 0.6 is 11.6 Å². The van der Waals surface area contributed by atoms with Gasteiger partial charge in [0.1, 0.15) is 0 Å². The van der Waals surface area contributed by atoms with Crippen molar-refractivity contribution in [3.05, 3.63) is 108 Å². The number of benzene rings is 3. The van der Waals surface area contributed by atoms with E-state index < -0.39 is 0 Å². The van der Waals surface area contributed by atoms with Gasteiger partial charge in [-0.1, -0.05) is 105 Å². The highest BCUT2D eigenvalue weighted by Crippen LogP contribution is 2.57. The Balaban J connectivity index is 1.96. The lowest BCUT2D eigenvalue weighted by Crippen LogP contribution is -2.51. The number of hydrogen-bond donors (Lipinski definition) is 0. The van der Waals surface area contributed by atoms with Crippen LogP contribution in [0.1, 0.15) is 56.2 Å². The van der Waals surface area contributed by atoms with E-state index in [-0.39, 0.29) is 10.3 Å². The second-order valence-corrected chi connectivity index (χ2v) is 9.62. The van der Waals surface area contributed by atoms with Gasteiger partial charge >= 0.3 is 0 Å². The maximum absolute atomic E-state index is 7.77. The van der Waals surface area contributed by atoms with Crippen molar-refractivity contribution in [3.8, 4) is 0 Å². The van der Waals surface area contributed by atoms with Crippen LogP contribution in [0.25, 0.3) is 0 Å². The molecule has 0 radical (unpaired) electrons. The van der Waals surface area contributed by atoms with Crippen molar-refractivity contribution in [3.63, 3.8) is 0 Å². The lowest BCUT2D eigenvalue weighted by atomic mass is 9.56. The second-order valence-electron chi connectivity index (χ2n) is 8.89. The van der Waals surface area contributed by atoms with Gasteiger partial charge in [-0.05, 0) is 54.2 Å². The van der Waals surface area contributed by atoms with E-state index in [0.29, 0.717) is 0 Å². The van der Waals surface area contributed by atoms with Crippen molar-refractivity contribution < 1.29 is 0 Å². The molecule has 1 aliphatic carbocycles. The van der Waals surface area contributed by atoms with Gasteiger partial charge in [0.05, 0.1) is 10.3 Å². The van der Waals surface area contributed by atoms with E-state index in [0.717, 1.165) is 24.7 Å². The molecule has 0 saturated heterocycles. The van der Waals surface area contributed by atoms with E-state index in [9.17, 15) is 0 Å². The summed E-state index contributed by atoms with van der Waals surface area (Å²) in [4.78, 5) is -0.359. The first-order chi connectivity index (χ1) is 14.1. The van der Waals surface area contributed by atoms with Gasteiger partial charge in [-0.2, -0.15) is 0 Å². The van der Waals surface area contributed by atoms with Gasteiger partial charge in [0, 0.05) is 0 Å². The van der Waals surface area contributed by atoms with Crippen LogP contribution in [-0.4, -0.2) is 4.87 Å². The van der Waals surface area contributed by atoms with Gasteiger partial charge in [0.25, 0.3) is 0 Å². The summed E-state index contributed by atoms with van der Waals surface area (Å²) in [6.07, 6.45) is 4.43. The van der Waals surface area contributed by atoms with Crippen molar-refractivity contribution in [1.82, 2.24) is 0 Å². The summed E-state index contributed by atoms with van der Waals surface area (Å²) in [7, 11) is 0. The molecular formula is C28H31Cl. The fourth-order valence-electron chi connectivity index (χ4n) is 5.48. The third-order valence-corrected chi connectivity index (χ3v) is 7.72. The van der Waals surface area contributed by atoms with E-state index in [1.165, 1.54) is 29.5 Å². The van der Waals surface area contributed by atoms with Crippen LogP contribution in [0.4, 0.5) is 0 Å². The zero-order chi connectivity index (χ0) is 20.3. The van der Waals surface area contributed by atoms with Crippen LogP contribution in [0.5, 0.6) is 0 Å². The summed E-state index contributed by atoms with van der Waals surface area (Å²) >= 11 is 7.77. The first kappa shape index (κ1) is 20.2. The van der Waals surface area contributed by atoms with Crippen LogP contribution in [-0.2, 0) is 5.41 Å². The van der Waals surface area contributed by atoms with Crippen LogP contribution in [0.2, 0.25) is 0 Å². The molecule has 0 nitrogen and oxygen atoms in total. The Labute approximate surface area is 180 Å². The highest BCUT2D eigenvalue weighted by molar-refractivity contribution is 6.25. The fraction of sp³-hybridized carbons (Fsp3) is 0.357. The first-order valence-electron chi connectivity index (χ1n) is 10.9. The van der Waals surface area contributed by atoms with Crippen molar-refractivity contribution >= 4 is 11.6 Å². The Morgan fingerprint density at radius 1 is 0.690 bits per heavy atom. The molecule has 0 unspecified atom stereocenters. The van der Waals surface area contributed by atoms with E-state index >= 15 is 0 Å². The van der Waals surface area contributed by atoms with Crippen molar-refractivity contribution in [2.75, 3.05) is 0 Å². The quantitative estimate of drug-likeness (QED) is 0.301. The Kier molecular flexibility index (Phi) is 5.83. The summed E-state index contributed by atoms with van der Waals surface area (Å²) in [5, 5.41) is 0. The van der Waals surface area contributed by atoms with E-state index in [1.54, 1.807) is 0 Å². The number of alkyl halides is 1. The van der Waals surface area contributed by atoms with E-state index in [1.807, 2.05) is 0 Å². The predicted octanol–water partition coefficient (Wildman–Crippen LogP) is 7.84. The number of rotatable bonds is 5. The summed E-state index contributed by atoms with van der Waals surface area (Å²) in [5.74, 6) is 1.48. The predicted molar refractivity (Wildman–Crippen MR) is 125 cm³/mol. The van der Waals surface area contributed by atoms with Crippen LogP contribution in [0.15, 0.2) is 91.0 Å². The largest absolute Gasteiger partial charge is 0.118 e. The monoisotopic (exact) mass is 402 g/mol. The topological polar surface area (TPSA) is 0 Å². The SMILES string of the molecule is CC(C)C1CCC(Cl)(C(c2ccccc2)(c2ccccc2)c2ccccc2)CC1. The molecule has 1 fully saturated rings. The smallest absolute Gasteiger partial charge is 0.0642 e. The molecule has 0 amide bonds. The average Bonchev–Trinajstić information content (AvgIpc) is 2.77. The van der Waals surface area contributed by atoms with Gasteiger partial charge in [-0.15, -0.1) is 11.6 Å². The minimum atomic E-state index is -0.375. The zero-order valence-corrected chi connectivity index (χ0v) is 18.3. The molecule has 1 saturated carbocycles.